The number of nitrogens with one attached hydrogen (secondary N) is 2. The molecule has 0 unspecified atom stereocenters. The van der Waals surface area contributed by atoms with Crippen LogP contribution >= 0.6 is 0 Å². The molecule has 2 N–H and O–H groups in total. The van der Waals surface area contributed by atoms with E-state index in [9.17, 15) is 9.59 Å². The van der Waals surface area contributed by atoms with Crippen LogP contribution in [0.5, 0.6) is 5.75 Å². The fourth-order valence-electron chi connectivity index (χ4n) is 2.97. The third-order valence-electron chi connectivity index (χ3n) is 5.22. The van der Waals surface area contributed by atoms with Crippen LogP contribution in [0.3, 0.4) is 0 Å². The molecule has 31 heavy (non-hydrogen) atoms. The Bertz CT molecular complexity index is 926. The average Bonchev–Trinajstić information content (AvgIpc) is 2.67. The van der Waals surface area contributed by atoms with E-state index in [-0.39, 0.29) is 11.8 Å². The van der Waals surface area contributed by atoms with Crippen LogP contribution in [0.1, 0.15) is 58.6 Å². The maximum absolute atomic E-state index is 12.9. The molecular formula is C26H36N2O3. The van der Waals surface area contributed by atoms with Gasteiger partial charge in [-0.25, -0.2) is 0 Å². The summed E-state index contributed by atoms with van der Waals surface area (Å²) in [5, 5.41) is 5.87. The van der Waals surface area contributed by atoms with Crippen molar-refractivity contribution in [2.24, 2.45) is 10.8 Å². The number of ether oxygens (including phenoxy) is 1. The van der Waals surface area contributed by atoms with Crippen molar-refractivity contribution in [1.82, 2.24) is 0 Å². The van der Waals surface area contributed by atoms with E-state index in [1.165, 1.54) is 5.56 Å². The highest BCUT2D eigenvalue weighted by Gasteiger charge is 2.27. The first-order chi connectivity index (χ1) is 14.4. The molecule has 0 heterocycles. The zero-order valence-electron chi connectivity index (χ0n) is 19.9. The zero-order valence-corrected chi connectivity index (χ0v) is 19.9. The molecule has 2 rings (SSSR count). The van der Waals surface area contributed by atoms with Crippen molar-refractivity contribution in [3.8, 4) is 5.75 Å². The number of anilines is 2. The minimum Gasteiger partial charge on any atom is -0.493 e. The Hall–Kier alpha value is -2.82. The number of carbonyl (C=O) groups excluding carboxylic acids is 2. The number of amides is 2. The lowest BCUT2D eigenvalue weighted by Crippen LogP contribution is -2.31. The Kier molecular flexibility index (Phi) is 7.88. The number of benzene rings is 2. The largest absolute Gasteiger partial charge is 0.493 e. The van der Waals surface area contributed by atoms with Gasteiger partial charge in [-0.3, -0.25) is 9.59 Å². The molecule has 0 aliphatic rings. The molecule has 2 amide bonds. The predicted octanol–water partition coefficient (Wildman–Crippen LogP) is 6.11. The summed E-state index contributed by atoms with van der Waals surface area (Å²) in [6.45, 7) is 14.1. The summed E-state index contributed by atoms with van der Waals surface area (Å²) in [4.78, 5) is 25.1. The summed E-state index contributed by atoms with van der Waals surface area (Å²) in [6.07, 6.45) is 1.47. The minimum atomic E-state index is -0.546. The van der Waals surface area contributed by atoms with Crippen LogP contribution in [0.15, 0.2) is 42.5 Å². The highest BCUT2D eigenvalue weighted by Crippen LogP contribution is 2.27. The molecule has 0 aliphatic carbocycles. The van der Waals surface area contributed by atoms with E-state index in [2.05, 4.69) is 22.8 Å². The molecule has 5 nitrogen and oxygen atoms in total. The second-order valence-corrected chi connectivity index (χ2v) is 9.84. The van der Waals surface area contributed by atoms with Gasteiger partial charge in [0.05, 0.1) is 6.61 Å². The maximum atomic E-state index is 12.9. The van der Waals surface area contributed by atoms with Gasteiger partial charge in [-0.2, -0.15) is 0 Å². The van der Waals surface area contributed by atoms with Crippen molar-refractivity contribution in [2.75, 3.05) is 17.2 Å². The molecule has 2 aromatic carbocycles. The fraction of sp³-hybridized carbons (Fsp3) is 0.462. The number of carbonyl (C=O) groups is 2. The lowest BCUT2D eigenvalue weighted by Gasteiger charge is -2.24. The van der Waals surface area contributed by atoms with Crippen molar-refractivity contribution in [3.05, 3.63) is 53.6 Å². The molecule has 168 valence electrons. The summed E-state index contributed by atoms with van der Waals surface area (Å²) in [7, 11) is 0. The van der Waals surface area contributed by atoms with Crippen LogP contribution in [0.4, 0.5) is 11.4 Å². The summed E-state index contributed by atoms with van der Waals surface area (Å²) in [5.41, 5.74) is 2.58. The molecule has 0 spiro atoms. The van der Waals surface area contributed by atoms with Gasteiger partial charge in [0.1, 0.15) is 5.75 Å². The van der Waals surface area contributed by atoms with E-state index in [0.717, 1.165) is 17.7 Å². The smallest absolute Gasteiger partial charge is 0.230 e. The van der Waals surface area contributed by atoms with Gasteiger partial charge in [0.2, 0.25) is 11.8 Å². The standard InChI is InChI=1S/C26H36N2O3/c1-18-12-13-19(2)22(16-18)31-15-9-14-26(6,7)24(30)28-21-11-8-10-20(17-21)27-23(29)25(3,4)5/h8,10-13,16-17H,9,14-15H2,1-7H3,(H,27,29)(H,28,30). The summed E-state index contributed by atoms with van der Waals surface area (Å²) >= 11 is 0. The van der Waals surface area contributed by atoms with Crippen molar-refractivity contribution in [3.63, 3.8) is 0 Å². The van der Waals surface area contributed by atoms with E-state index in [4.69, 9.17) is 4.74 Å². The first-order valence-electron chi connectivity index (χ1n) is 10.8. The number of hydrogen-bond acceptors (Lipinski definition) is 3. The van der Waals surface area contributed by atoms with E-state index >= 15 is 0 Å². The number of hydrogen-bond donors (Lipinski definition) is 2. The molecule has 0 atom stereocenters. The predicted molar refractivity (Wildman–Crippen MR) is 128 cm³/mol. The van der Waals surface area contributed by atoms with Crippen LogP contribution in [0.2, 0.25) is 0 Å². The van der Waals surface area contributed by atoms with Gasteiger partial charge in [-0.1, -0.05) is 52.8 Å². The van der Waals surface area contributed by atoms with E-state index in [1.807, 2.05) is 72.7 Å². The van der Waals surface area contributed by atoms with Gasteiger partial charge in [-0.15, -0.1) is 0 Å². The van der Waals surface area contributed by atoms with Gasteiger partial charge < -0.3 is 15.4 Å². The summed E-state index contributed by atoms with van der Waals surface area (Å²) < 4.78 is 5.92. The average molecular weight is 425 g/mol. The third-order valence-corrected chi connectivity index (χ3v) is 5.22. The maximum Gasteiger partial charge on any atom is 0.230 e. The molecule has 0 fully saturated rings. The lowest BCUT2D eigenvalue weighted by molar-refractivity contribution is -0.124. The van der Waals surface area contributed by atoms with Crippen LogP contribution < -0.4 is 15.4 Å². The van der Waals surface area contributed by atoms with Crippen molar-refractivity contribution >= 4 is 23.2 Å². The number of rotatable bonds is 8. The second-order valence-electron chi connectivity index (χ2n) is 9.84. The Balaban J connectivity index is 1.89. The van der Waals surface area contributed by atoms with E-state index < -0.39 is 10.8 Å². The molecule has 0 aliphatic heterocycles. The first kappa shape index (κ1) is 24.4. The molecular weight excluding hydrogens is 388 g/mol. The Morgan fingerprint density at radius 3 is 2.10 bits per heavy atom. The summed E-state index contributed by atoms with van der Waals surface area (Å²) in [5.74, 6) is 0.773. The SMILES string of the molecule is Cc1ccc(C)c(OCCCC(C)(C)C(=O)Nc2cccc(NC(=O)C(C)(C)C)c2)c1. The minimum absolute atomic E-state index is 0.0569. The van der Waals surface area contributed by atoms with E-state index in [0.29, 0.717) is 24.4 Å². The molecule has 0 saturated carbocycles. The number of aryl methyl sites for hydroxylation is 2. The van der Waals surface area contributed by atoms with E-state index in [1.54, 1.807) is 6.07 Å². The second kappa shape index (κ2) is 9.99. The molecule has 2 aromatic rings. The van der Waals surface area contributed by atoms with Gasteiger partial charge >= 0.3 is 0 Å². The molecule has 0 bridgehead atoms. The first-order valence-corrected chi connectivity index (χ1v) is 10.8. The molecule has 5 heteroatoms. The Labute approximate surface area is 186 Å². The highest BCUT2D eigenvalue weighted by molar-refractivity contribution is 5.97. The Morgan fingerprint density at radius 2 is 1.48 bits per heavy atom. The fourth-order valence-corrected chi connectivity index (χ4v) is 2.97. The van der Waals surface area contributed by atoms with Crippen LogP contribution in [-0.2, 0) is 9.59 Å². The normalized spacial score (nSPS) is 11.7. The van der Waals surface area contributed by atoms with Gasteiger partial charge in [-0.05, 0) is 62.1 Å². The van der Waals surface area contributed by atoms with Crippen LogP contribution in [0.25, 0.3) is 0 Å². The monoisotopic (exact) mass is 424 g/mol. The van der Waals surface area contributed by atoms with Crippen molar-refractivity contribution < 1.29 is 14.3 Å². The highest BCUT2D eigenvalue weighted by atomic mass is 16.5. The van der Waals surface area contributed by atoms with Gasteiger partial charge in [0.15, 0.2) is 0 Å². The van der Waals surface area contributed by atoms with Crippen molar-refractivity contribution in [2.45, 2.75) is 61.3 Å². The van der Waals surface area contributed by atoms with Gasteiger partial charge in [0.25, 0.3) is 0 Å². The topological polar surface area (TPSA) is 67.4 Å². The lowest BCUT2D eigenvalue weighted by atomic mass is 9.87. The third kappa shape index (κ3) is 7.42. The molecule has 0 radical (unpaired) electrons. The van der Waals surface area contributed by atoms with Crippen molar-refractivity contribution in [1.29, 1.82) is 0 Å². The molecule has 0 saturated heterocycles. The zero-order chi connectivity index (χ0) is 23.2. The van der Waals surface area contributed by atoms with Crippen LogP contribution in [-0.4, -0.2) is 18.4 Å². The summed E-state index contributed by atoms with van der Waals surface area (Å²) in [6, 6.07) is 13.4. The van der Waals surface area contributed by atoms with Crippen LogP contribution in [0, 0.1) is 24.7 Å². The van der Waals surface area contributed by atoms with Gasteiger partial charge in [0, 0.05) is 22.2 Å². The Morgan fingerprint density at radius 1 is 0.871 bits per heavy atom. The quantitative estimate of drug-likeness (QED) is 0.502. The molecule has 0 aromatic heterocycles.